The molecule has 0 heterocycles. The molecule has 2 N–H and O–H groups in total. The normalized spacial score (nSPS) is 11.7. The van der Waals surface area contributed by atoms with Gasteiger partial charge in [-0.1, -0.05) is 48.5 Å². The molecule has 134 valence electrons. The summed E-state index contributed by atoms with van der Waals surface area (Å²) in [6.07, 6.45) is 0. The molecule has 4 aromatic carbocycles. The molecule has 0 amide bonds. The van der Waals surface area contributed by atoms with Gasteiger partial charge in [-0.3, -0.25) is 0 Å². The molecular formula is C23H16F2O2. The first kappa shape index (κ1) is 17.2. The van der Waals surface area contributed by atoms with Crippen LogP contribution in [-0.4, -0.2) is 10.2 Å². The molecule has 0 aliphatic heterocycles. The van der Waals surface area contributed by atoms with Crippen molar-refractivity contribution in [1.82, 2.24) is 0 Å². The fourth-order valence-electron chi connectivity index (χ4n) is 3.38. The maximum Gasteiger partial charge on any atom is 0.144 e. The summed E-state index contributed by atoms with van der Waals surface area (Å²) >= 11 is 0. The van der Waals surface area contributed by atoms with Crippen LogP contribution in [0.25, 0.3) is 10.8 Å². The van der Waals surface area contributed by atoms with E-state index in [4.69, 9.17) is 0 Å². The van der Waals surface area contributed by atoms with Crippen molar-refractivity contribution in [1.29, 1.82) is 0 Å². The van der Waals surface area contributed by atoms with Gasteiger partial charge in [-0.15, -0.1) is 0 Å². The molecule has 0 unspecified atom stereocenters. The highest BCUT2D eigenvalue weighted by Gasteiger charge is 2.36. The van der Waals surface area contributed by atoms with E-state index in [9.17, 15) is 19.0 Å². The van der Waals surface area contributed by atoms with Gasteiger partial charge in [-0.05, 0) is 58.3 Å². The van der Waals surface area contributed by atoms with E-state index in [-0.39, 0.29) is 11.3 Å². The quantitative estimate of drug-likeness (QED) is 0.497. The average molecular weight is 362 g/mol. The molecule has 0 aliphatic carbocycles. The Morgan fingerprint density at radius 1 is 0.630 bits per heavy atom. The molecule has 0 atom stereocenters. The maximum atomic E-state index is 13.4. The number of fused-ring (bicyclic) bond motifs is 1. The molecule has 0 fully saturated rings. The molecule has 4 heteroatoms. The van der Waals surface area contributed by atoms with Gasteiger partial charge in [0.15, 0.2) is 0 Å². The third-order valence-electron chi connectivity index (χ3n) is 4.78. The van der Waals surface area contributed by atoms with E-state index >= 15 is 0 Å². The van der Waals surface area contributed by atoms with E-state index in [0.29, 0.717) is 11.1 Å². The third kappa shape index (κ3) is 2.94. The lowest BCUT2D eigenvalue weighted by Crippen LogP contribution is -2.29. The zero-order valence-corrected chi connectivity index (χ0v) is 14.2. The number of phenolic OH excluding ortho intramolecular Hbond substituents is 1. The van der Waals surface area contributed by atoms with Gasteiger partial charge in [0.1, 0.15) is 23.0 Å². The molecule has 0 aliphatic rings. The molecule has 4 rings (SSSR count). The van der Waals surface area contributed by atoms with Crippen molar-refractivity contribution in [3.05, 3.63) is 113 Å². The average Bonchev–Trinajstić information content (AvgIpc) is 2.68. The van der Waals surface area contributed by atoms with Crippen molar-refractivity contribution in [3.63, 3.8) is 0 Å². The Morgan fingerprint density at radius 3 is 1.56 bits per heavy atom. The van der Waals surface area contributed by atoms with Gasteiger partial charge < -0.3 is 10.2 Å². The minimum atomic E-state index is -1.78. The Kier molecular flexibility index (Phi) is 4.13. The van der Waals surface area contributed by atoms with Crippen molar-refractivity contribution in [2.24, 2.45) is 0 Å². The summed E-state index contributed by atoms with van der Waals surface area (Å²) in [5.41, 5.74) is -0.822. The highest BCUT2D eigenvalue weighted by molar-refractivity contribution is 5.85. The molecule has 0 saturated heterocycles. The van der Waals surface area contributed by atoms with Crippen LogP contribution in [0.3, 0.4) is 0 Å². The Bertz CT molecular complexity index is 1060. The van der Waals surface area contributed by atoms with Crippen LogP contribution < -0.4 is 0 Å². The molecule has 0 saturated carbocycles. The second-order valence-electron chi connectivity index (χ2n) is 6.44. The number of phenols is 1. The first-order valence-corrected chi connectivity index (χ1v) is 8.45. The number of rotatable bonds is 3. The summed E-state index contributed by atoms with van der Waals surface area (Å²) in [5, 5.41) is 24.1. The van der Waals surface area contributed by atoms with Crippen molar-refractivity contribution < 1.29 is 19.0 Å². The Hall–Kier alpha value is -3.24. The van der Waals surface area contributed by atoms with Crippen LogP contribution >= 0.6 is 0 Å². The predicted octanol–water partition coefficient (Wildman–Crippen LogP) is 5.11. The van der Waals surface area contributed by atoms with Crippen LogP contribution in [0.1, 0.15) is 16.7 Å². The van der Waals surface area contributed by atoms with Gasteiger partial charge in [0, 0.05) is 5.56 Å². The molecule has 0 radical (unpaired) electrons. The van der Waals surface area contributed by atoms with Crippen molar-refractivity contribution >= 4 is 10.8 Å². The Labute approximate surface area is 155 Å². The molecule has 0 bridgehead atoms. The van der Waals surface area contributed by atoms with Crippen LogP contribution in [0, 0.1) is 11.6 Å². The molecule has 27 heavy (non-hydrogen) atoms. The zero-order chi connectivity index (χ0) is 19.0. The highest BCUT2D eigenvalue weighted by Crippen LogP contribution is 2.42. The number of hydrogen-bond donors (Lipinski definition) is 2. The van der Waals surface area contributed by atoms with E-state index in [2.05, 4.69) is 0 Å². The number of hydrogen-bond acceptors (Lipinski definition) is 2. The summed E-state index contributed by atoms with van der Waals surface area (Å²) in [4.78, 5) is 0. The Balaban J connectivity index is 2.02. The first-order valence-electron chi connectivity index (χ1n) is 8.45. The standard InChI is InChI=1S/C23H16F2O2/c24-19-9-5-17(6-10-19)23(27,18-7-11-20(25)12-8-18)21-13-15-3-1-2-4-16(15)14-22(21)26/h1-14,26-27H. The van der Waals surface area contributed by atoms with E-state index in [0.717, 1.165) is 10.8 Å². The first-order chi connectivity index (χ1) is 13.0. The van der Waals surface area contributed by atoms with Crippen LogP contribution in [0.4, 0.5) is 8.78 Å². The molecule has 4 aromatic rings. The van der Waals surface area contributed by atoms with E-state index in [1.165, 1.54) is 48.5 Å². The van der Waals surface area contributed by atoms with Crippen LogP contribution in [0.15, 0.2) is 84.9 Å². The monoisotopic (exact) mass is 362 g/mol. The van der Waals surface area contributed by atoms with Gasteiger partial charge in [-0.2, -0.15) is 0 Å². The molecular weight excluding hydrogens is 346 g/mol. The number of benzene rings is 4. The lowest BCUT2D eigenvalue weighted by molar-refractivity contribution is 0.122. The highest BCUT2D eigenvalue weighted by atomic mass is 19.1. The van der Waals surface area contributed by atoms with Crippen molar-refractivity contribution in [2.75, 3.05) is 0 Å². The SMILES string of the molecule is Oc1cc2ccccc2cc1C(O)(c1ccc(F)cc1)c1ccc(F)cc1. The zero-order valence-electron chi connectivity index (χ0n) is 14.2. The second kappa shape index (κ2) is 6.49. The van der Waals surface area contributed by atoms with Crippen LogP contribution in [0.2, 0.25) is 0 Å². The van der Waals surface area contributed by atoms with E-state index in [1.54, 1.807) is 12.1 Å². The lowest BCUT2D eigenvalue weighted by Gasteiger charge is -2.31. The summed E-state index contributed by atoms with van der Waals surface area (Å²) in [7, 11) is 0. The molecule has 2 nitrogen and oxygen atoms in total. The van der Waals surface area contributed by atoms with Crippen LogP contribution in [0.5, 0.6) is 5.75 Å². The maximum absolute atomic E-state index is 13.4. The summed E-state index contributed by atoms with van der Waals surface area (Å²) in [6, 6.07) is 21.5. The van der Waals surface area contributed by atoms with Gasteiger partial charge in [0.2, 0.25) is 0 Å². The second-order valence-corrected chi connectivity index (χ2v) is 6.44. The molecule has 0 aromatic heterocycles. The fourth-order valence-corrected chi connectivity index (χ4v) is 3.38. The summed E-state index contributed by atoms with van der Waals surface area (Å²) < 4.78 is 26.9. The largest absolute Gasteiger partial charge is 0.508 e. The number of aromatic hydroxyl groups is 1. The summed E-state index contributed by atoms with van der Waals surface area (Å²) in [5.74, 6) is -0.990. The van der Waals surface area contributed by atoms with Gasteiger partial charge in [-0.25, -0.2) is 8.78 Å². The summed E-state index contributed by atoms with van der Waals surface area (Å²) in [6.45, 7) is 0. The fraction of sp³-hybridized carbons (Fsp3) is 0.0435. The molecule has 0 spiro atoms. The minimum absolute atomic E-state index is 0.107. The van der Waals surface area contributed by atoms with E-state index in [1.807, 2.05) is 24.3 Å². The third-order valence-corrected chi connectivity index (χ3v) is 4.78. The number of halogens is 2. The Morgan fingerprint density at radius 2 is 1.07 bits per heavy atom. The predicted molar refractivity (Wildman–Crippen MR) is 101 cm³/mol. The smallest absolute Gasteiger partial charge is 0.144 e. The lowest BCUT2D eigenvalue weighted by atomic mass is 9.79. The topological polar surface area (TPSA) is 40.5 Å². The minimum Gasteiger partial charge on any atom is -0.508 e. The van der Waals surface area contributed by atoms with Crippen molar-refractivity contribution in [3.8, 4) is 5.75 Å². The number of aliphatic hydroxyl groups is 1. The van der Waals surface area contributed by atoms with E-state index < -0.39 is 17.2 Å². The van der Waals surface area contributed by atoms with Gasteiger partial charge in [0.25, 0.3) is 0 Å². The van der Waals surface area contributed by atoms with Crippen molar-refractivity contribution in [2.45, 2.75) is 5.60 Å². The van der Waals surface area contributed by atoms with Crippen LogP contribution in [-0.2, 0) is 5.60 Å². The van der Waals surface area contributed by atoms with Gasteiger partial charge >= 0.3 is 0 Å². The van der Waals surface area contributed by atoms with Gasteiger partial charge in [0.05, 0.1) is 0 Å².